The second-order valence-electron chi connectivity index (χ2n) is 13.0. The highest BCUT2D eigenvalue weighted by atomic mass is 16.5. The molecular formula is C37H53N5O8. The van der Waals surface area contributed by atoms with E-state index in [0.29, 0.717) is 41.7 Å². The number of anilines is 1. The Morgan fingerprint density at radius 3 is 2.44 bits per heavy atom. The Labute approximate surface area is 294 Å². The number of nitrogens with one attached hydrogen (secondary N) is 1. The lowest BCUT2D eigenvalue weighted by Crippen LogP contribution is -2.21. The minimum Gasteiger partial charge on any atom is -0.481 e. The Kier molecular flexibility index (Phi) is 17.6. The fourth-order valence-electron chi connectivity index (χ4n) is 4.93. The van der Waals surface area contributed by atoms with Crippen molar-refractivity contribution in [3.05, 3.63) is 42.9 Å². The number of esters is 1. The number of aliphatic carboxylic acids is 1. The zero-order valence-corrected chi connectivity index (χ0v) is 30.0. The van der Waals surface area contributed by atoms with Crippen LogP contribution in [0.5, 0.6) is 0 Å². The molecule has 1 amide bonds. The molecule has 3 aromatic rings. The van der Waals surface area contributed by atoms with Gasteiger partial charge in [0.15, 0.2) is 23.8 Å². The summed E-state index contributed by atoms with van der Waals surface area (Å²) in [5.74, 6) is -0.478. The number of benzene rings is 1. The van der Waals surface area contributed by atoms with Crippen LogP contribution in [0.1, 0.15) is 85.4 Å². The average Bonchev–Trinajstić information content (AvgIpc) is 3.71. The lowest BCUT2D eigenvalue weighted by atomic mass is 9.97. The largest absolute Gasteiger partial charge is 0.481 e. The van der Waals surface area contributed by atoms with E-state index in [0.717, 1.165) is 56.3 Å². The maximum absolute atomic E-state index is 11.7. The summed E-state index contributed by atoms with van der Waals surface area (Å²) in [5, 5.41) is 12.6. The number of aromatic nitrogens is 2. The molecule has 1 saturated heterocycles. The van der Waals surface area contributed by atoms with Crippen molar-refractivity contribution in [2.45, 2.75) is 97.9 Å². The van der Waals surface area contributed by atoms with Crippen molar-refractivity contribution in [2.24, 2.45) is 11.7 Å². The van der Waals surface area contributed by atoms with Gasteiger partial charge >= 0.3 is 11.9 Å². The number of hydrogen-bond donors (Lipinski definition) is 3. The zero-order chi connectivity index (χ0) is 37.1. The van der Waals surface area contributed by atoms with Gasteiger partial charge in [-0.1, -0.05) is 25.1 Å². The first-order chi connectivity index (χ1) is 23.7. The zero-order valence-electron chi connectivity index (χ0n) is 30.0. The highest BCUT2D eigenvalue weighted by molar-refractivity contribution is 6.05. The molecule has 1 aliphatic rings. The van der Waals surface area contributed by atoms with Crippen molar-refractivity contribution in [3.63, 3.8) is 0 Å². The number of carboxylic acid groups (broad SMARTS) is 1. The standard InChI is InChI=1S/C19H19N3O5.C12H24N2O2.C6H10O/c23-15(24)7-8-16(25)26-11-14-20-17-12-5-1-2-6-13(12)27-18(17)19(21-14)22-9-3-4-10-22;1-4-14-7-5-11(9-12(13)15)6-8-16-10(2)3;1-5-7-6(2,3)4/h1-2,5-6H,3-4,7-11H2,(H,23,24);4,10-11,14H,1,5-9H2,2-3H3,(H2,13,15);1H,2-4H3. The van der Waals surface area contributed by atoms with Crippen LogP contribution in [0.15, 0.2) is 41.5 Å². The van der Waals surface area contributed by atoms with Crippen LogP contribution in [-0.4, -0.2) is 70.9 Å². The number of furan rings is 1. The Hall–Kier alpha value is -4.83. The molecule has 2 aromatic heterocycles. The monoisotopic (exact) mass is 695 g/mol. The molecule has 4 N–H and O–H groups in total. The number of nitrogens with two attached hydrogens (primary N) is 1. The topological polar surface area (TPSA) is 179 Å². The molecule has 0 bridgehead atoms. The summed E-state index contributed by atoms with van der Waals surface area (Å²) >= 11 is 0. The van der Waals surface area contributed by atoms with E-state index in [4.69, 9.17) is 35.9 Å². The number of carboxylic acids is 1. The fourth-order valence-corrected chi connectivity index (χ4v) is 4.93. The SMILES string of the molecule is C#COC(C)(C)C.C=CNCCC(CCOC(C)C)CC(N)=O.O=C(O)CCC(=O)OCc1nc(N2CCCC2)c2oc3ccccc3c2n1. The molecule has 1 aromatic carbocycles. The van der Waals surface area contributed by atoms with Crippen LogP contribution in [0, 0.1) is 18.4 Å². The first-order valence-electron chi connectivity index (χ1n) is 16.9. The van der Waals surface area contributed by atoms with Gasteiger partial charge in [-0.05, 0) is 84.6 Å². The molecule has 1 unspecified atom stereocenters. The number of ether oxygens (including phenoxy) is 3. The molecule has 50 heavy (non-hydrogen) atoms. The predicted molar refractivity (Wildman–Crippen MR) is 193 cm³/mol. The summed E-state index contributed by atoms with van der Waals surface area (Å²) in [5.41, 5.74) is 7.09. The molecule has 274 valence electrons. The number of rotatable bonds is 16. The van der Waals surface area contributed by atoms with Gasteiger partial charge in [0.1, 0.15) is 22.8 Å². The quantitative estimate of drug-likeness (QED) is 0.0948. The van der Waals surface area contributed by atoms with E-state index in [2.05, 4.69) is 32.9 Å². The number of carbonyl (C=O) groups excluding carboxylic acids is 2. The normalized spacial score (nSPS) is 13.0. The minimum atomic E-state index is -1.04. The maximum atomic E-state index is 11.7. The van der Waals surface area contributed by atoms with Gasteiger partial charge in [0, 0.05) is 38.0 Å². The molecule has 3 heterocycles. The molecule has 4 rings (SSSR count). The van der Waals surface area contributed by atoms with Crippen molar-refractivity contribution in [1.82, 2.24) is 15.3 Å². The molecule has 13 nitrogen and oxygen atoms in total. The third-order valence-electron chi connectivity index (χ3n) is 7.23. The van der Waals surface area contributed by atoms with Crippen molar-refractivity contribution < 1.29 is 38.1 Å². The number of terminal acetylenes is 1. The van der Waals surface area contributed by atoms with E-state index < -0.39 is 11.9 Å². The van der Waals surface area contributed by atoms with E-state index in [1.807, 2.05) is 58.9 Å². The fraction of sp³-hybridized carbons (Fsp3) is 0.541. The van der Waals surface area contributed by atoms with Gasteiger partial charge in [0.05, 0.1) is 18.9 Å². The van der Waals surface area contributed by atoms with Crippen molar-refractivity contribution in [2.75, 3.05) is 31.1 Å². The Balaban J connectivity index is 0.000000320. The molecule has 0 saturated carbocycles. The summed E-state index contributed by atoms with van der Waals surface area (Å²) in [6.07, 6.45) is 12.8. The maximum Gasteiger partial charge on any atom is 0.306 e. The first kappa shape index (κ1) is 41.3. The van der Waals surface area contributed by atoms with Crippen LogP contribution < -0.4 is 16.0 Å². The minimum absolute atomic E-state index is 0.102. The van der Waals surface area contributed by atoms with Gasteiger partial charge in [-0.3, -0.25) is 14.4 Å². The summed E-state index contributed by atoms with van der Waals surface area (Å²) in [6, 6.07) is 7.64. The van der Waals surface area contributed by atoms with Gasteiger partial charge in [-0.2, -0.15) is 0 Å². The smallest absolute Gasteiger partial charge is 0.306 e. The first-order valence-corrected chi connectivity index (χ1v) is 16.9. The molecule has 1 aliphatic heterocycles. The van der Waals surface area contributed by atoms with Gasteiger partial charge < -0.3 is 39.7 Å². The number of para-hydroxylation sites is 1. The van der Waals surface area contributed by atoms with Crippen LogP contribution in [0.25, 0.3) is 22.1 Å². The van der Waals surface area contributed by atoms with Crippen LogP contribution in [-0.2, 0) is 35.2 Å². The van der Waals surface area contributed by atoms with Crippen LogP contribution >= 0.6 is 0 Å². The van der Waals surface area contributed by atoms with E-state index in [9.17, 15) is 14.4 Å². The van der Waals surface area contributed by atoms with E-state index >= 15 is 0 Å². The third kappa shape index (κ3) is 15.6. The molecule has 13 heteroatoms. The Bertz CT molecular complexity index is 1570. The molecular weight excluding hydrogens is 642 g/mol. The Morgan fingerprint density at radius 1 is 1.16 bits per heavy atom. The second-order valence-corrected chi connectivity index (χ2v) is 13.0. The predicted octanol–water partition coefficient (Wildman–Crippen LogP) is 5.69. The number of carbonyl (C=O) groups is 3. The van der Waals surface area contributed by atoms with Gasteiger partial charge in [-0.15, -0.1) is 0 Å². The summed E-state index contributed by atoms with van der Waals surface area (Å²) in [4.78, 5) is 44.4. The molecule has 0 radical (unpaired) electrons. The van der Waals surface area contributed by atoms with Crippen LogP contribution in [0.3, 0.4) is 0 Å². The van der Waals surface area contributed by atoms with Gasteiger partial charge in [-0.25, -0.2) is 9.97 Å². The lowest BCUT2D eigenvalue weighted by Gasteiger charge is -2.17. The van der Waals surface area contributed by atoms with Crippen molar-refractivity contribution in [3.8, 4) is 12.5 Å². The number of hydrogen-bond acceptors (Lipinski definition) is 11. The van der Waals surface area contributed by atoms with Gasteiger partial charge in [0.25, 0.3) is 0 Å². The van der Waals surface area contributed by atoms with Crippen LogP contribution in [0.2, 0.25) is 0 Å². The van der Waals surface area contributed by atoms with E-state index in [1.54, 1.807) is 6.20 Å². The van der Waals surface area contributed by atoms with Crippen LogP contribution in [0.4, 0.5) is 5.82 Å². The van der Waals surface area contributed by atoms with Crippen molar-refractivity contribution in [1.29, 1.82) is 0 Å². The molecule has 1 fully saturated rings. The van der Waals surface area contributed by atoms with E-state index in [-0.39, 0.29) is 37.1 Å². The lowest BCUT2D eigenvalue weighted by molar-refractivity contribution is -0.148. The average molecular weight is 696 g/mol. The number of nitrogens with zero attached hydrogens (tertiary/aromatic N) is 3. The number of fused-ring (bicyclic) bond motifs is 3. The number of primary amides is 1. The molecule has 0 spiro atoms. The highest BCUT2D eigenvalue weighted by Crippen LogP contribution is 2.34. The van der Waals surface area contributed by atoms with E-state index in [1.165, 1.54) is 0 Å². The summed E-state index contributed by atoms with van der Waals surface area (Å²) < 4.78 is 21.4. The molecule has 0 aliphatic carbocycles. The summed E-state index contributed by atoms with van der Waals surface area (Å²) in [6.45, 7) is 16.5. The highest BCUT2D eigenvalue weighted by Gasteiger charge is 2.23. The summed E-state index contributed by atoms with van der Waals surface area (Å²) in [7, 11) is 0. The van der Waals surface area contributed by atoms with Crippen molar-refractivity contribution >= 4 is 45.7 Å². The number of amides is 1. The second kappa shape index (κ2) is 21.3. The third-order valence-corrected chi connectivity index (χ3v) is 7.23. The Morgan fingerprint density at radius 2 is 1.86 bits per heavy atom. The molecule has 1 atom stereocenters. The van der Waals surface area contributed by atoms with Gasteiger partial charge in [0.2, 0.25) is 5.91 Å².